The highest BCUT2D eigenvalue weighted by Crippen LogP contribution is 2.08. The summed E-state index contributed by atoms with van der Waals surface area (Å²) in [7, 11) is 0. The minimum absolute atomic E-state index is 0.129. The van der Waals surface area contributed by atoms with Gasteiger partial charge >= 0.3 is 0 Å². The van der Waals surface area contributed by atoms with Gasteiger partial charge in [-0.3, -0.25) is 4.79 Å². The predicted octanol–water partition coefficient (Wildman–Crippen LogP) is 0.328. The smallest absolute Gasteiger partial charge is 0.238 e. The third-order valence-electron chi connectivity index (χ3n) is 3.04. The summed E-state index contributed by atoms with van der Waals surface area (Å²) in [4.78, 5) is 14.0. The molecule has 1 heterocycles. The number of piperidine rings is 1. The second-order valence-corrected chi connectivity index (χ2v) is 4.79. The van der Waals surface area contributed by atoms with Crippen molar-refractivity contribution < 1.29 is 4.79 Å². The molecule has 0 aromatic rings. The Bertz CT molecular complexity index is 279. The fraction of sp³-hybridized carbons (Fsp3) is 0.769. The molecule has 0 saturated carbocycles. The maximum atomic E-state index is 11.6. The Labute approximate surface area is 104 Å². The van der Waals surface area contributed by atoms with Crippen LogP contribution in [0, 0.1) is 12.3 Å². The minimum Gasteiger partial charge on any atom is -0.351 e. The highest BCUT2D eigenvalue weighted by atomic mass is 16.2. The molecule has 1 rings (SSSR count). The van der Waals surface area contributed by atoms with E-state index in [1.807, 2.05) is 6.92 Å². The molecule has 0 aromatic carbocycles. The first kappa shape index (κ1) is 14.0. The number of rotatable bonds is 5. The number of nitrogens with zero attached hydrogens (tertiary/aromatic N) is 1. The van der Waals surface area contributed by atoms with Crippen LogP contribution in [-0.4, -0.2) is 42.5 Å². The number of carbonyl (C=O) groups excluding carboxylic acids is 1. The molecule has 0 aliphatic carbocycles. The van der Waals surface area contributed by atoms with E-state index in [-0.39, 0.29) is 11.9 Å². The van der Waals surface area contributed by atoms with Gasteiger partial charge in [-0.1, -0.05) is 6.42 Å². The van der Waals surface area contributed by atoms with Gasteiger partial charge < -0.3 is 16.0 Å². The number of nitrogens with one attached hydrogen (secondary N) is 1. The fourth-order valence-corrected chi connectivity index (χ4v) is 2.14. The zero-order chi connectivity index (χ0) is 12.7. The second-order valence-electron chi connectivity index (χ2n) is 4.79. The molecule has 1 amide bonds. The lowest BCUT2D eigenvalue weighted by molar-refractivity contribution is -0.123. The third kappa shape index (κ3) is 5.20. The van der Waals surface area contributed by atoms with Crippen LogP contribution >= 0.6 is 0 Å². The summed E-state index contributed by atoms with van der Waals surface area (Å²) in [5.41, 5.74) is 5.64. The van der Waals surface area contributed by atoms with Gasteiger partial charge in [-0.05, 0) is 32.9 Å². The lowest BCUT2D eigenvalue weighted by atomic mass is 10.1. The summed E-state index contributed by atoms with van der Waals surface area (Å²) in [5, 5.41) is 2.91. The number of terminal acetylenes is 1. The molecule has 4 heteroatoms. The Kier molecular flexibility index (Phi) is 6.03. The normalized spacial score (nSPS) is 20.3. The summed E-state index contributed by atoms with van der Waals surface area (Å²) >= 11 is 0. The van der Waals surface area contributed by atoms with Gasteiger partial charge in [-0.2, -0.15) is 0 Å². The third-order valence-corrected chi connectivity index (χ3v) is 3.04. The van der Waals surface area contributed by atoms with E-state index in [0.29, 0.717) is 6.42 Å². The first-order valence-corrected chi connectivity index (χ1v) is 6.35. The lowest BCUT2D eigenvalue weighted by Crippen LogP contribution is -2.48. The van der Waals surface area contributed by atoms with Crippen molar-refractivity contribution in [1.29, 1.82) is 0 Å². The van der Waals surface area contributed by atoms with Crippen molar-refractivity contribution in [2.24, 2.45) is 5.73 Å². The van der Waals surface area contributed by atoms with Crippen molar-refractivity contribution in [2.75, 3.05) is 19.6 Å². The number of hydrogen-bond donors (Lipinski definition) is 2. The van der Waals surface area contributed by atoms with Gasteiger partial charge in [-0.15, -0.1) is 12.3 Å². The first-order chi connectivity index (χ1) is 8.13. The average molecular weight is 237 g/mol. The summed E-state index contributed by atoms with van der Waals surface area (Å²) in [6.45, 7) is 5.18. The predicted molar refractivity (Wildman–Crippen MR) is 69.3 cm³/mol. The van der Waals surface area contributed by atoms with Crippen LogP contribution in [0.3, 0.4) is 0 Å². The Balaban J connectivity index is 2.26. The first-order valence-electron chi connectivity index (χ1n) is 6.35. The molecule has 2 unspecified atom stereocenters. The number of nitrogens with two attached hydrogens (primary N) is 1. The summed E-state index contributed by atoms with van der Waals surface area (Å²) in [6.07, 6.45) is 9.27. The maximum Gasteiger partial charge on any atom is 0.238 e. The number of hydrogen-bond acceptors (Lipinski definition) is 3. The Morgan fingerprint density at radius 1 is 1.47 bits per heavy atom. The molecule has 0 aromatic heterocycles. The van der Waals surface area contributed by atoms with Gasteiger partial charge in [0.05, 0.1) is 6.04 Å². The summed E-state index contributed by atoms with van der Waals surface area (Å²) in [5.74, 6) is 2.26. The molecule has 3 N–H and O–H groups in total. The van der Waals surface area contributed by atoms with E-state index in [2.05, 4.69) is 16.1 Å². The molecule has 96 valence electrons. The zero-order valence-corrected chi connectivity index (χ0v) is 10.6. The zero-order valence-electron chi connectivity index (χ0n) is 10.6. The van der Waals surface area contributed by atoms with Crippen molar-refractivity contribution >= 4 is 5.91 Å². The van der Waals surface area contributed by atoms with Gasteiger partial charge in [0.2, 0.25) is 5.91 Å². The van der Waals surface area contributed by atoms with E-state index in [0.717, 1.165) is 19.6 Å². The summed E-state index contributed by atoms with van der Waals surface area (Å²) in [6, 6.07) is -0.451. The molecule has 4 nitrogen and oxygen atoms in total. The van der Waals surface area contributed by atoms with E-state index in [1.165, 1.54) is 19.3 Å². The van der Waals surface area contributed by atoms with Crippen molar-refractivity contribution in [2.45, 2.75) is 44.7 Å². The van der Waals surface area contributed by atoms with Gasteiger partial charge in [0.25, 0.3) is 0 Å². The summed E-state index contributed by atoms with van der Waals surface area (Å²) < 4.78 is 0. The van der Waals surface area contributed by atoms with Crippen molar-refractivity contribution in [1.82, 2.24) is 10.2 Å². The van der Waals surface area contributed by atoms with Gasteiger partial charge in [0.1, 0.15) is 0 Å². The van der Waals surface area contributed by atoms with E-state index >= 15 is 0 Å². The van der Waals surface area contributed by atoms with Crippen LogP contribution in [-0.2, 0) is 4.79 Å². The van der Waals surface area contributed by atoms with Crippen molar-refractivity contribution in [3.8, 4) is 12.3 Å². The van der Waals surface area contributed by atoms with Crippen LogP contribution in [0.25, 0.3) is 0 Å². The van der Waals surface area contributed by atoms with Gasteiger partial charge in [-0.25, -0.2) is 0 Å². The molecule has 1 saturated heterocycles. The molecular weight excluding hydrogens is 214 g/mol. The second kappa shape index (κ2) is 7.31. The van der Waals surface area contributed by atoms with Crippen LogP contribution in [0.1, 0.15) is 32.6 Å². The van der Waals surface area contributed by atoms with Crippen molar-refractivity contribution in [3.63, 3.8) is 0 Å². The average Bonchev–Trinajstić information content (AvgIpc) is 2.30. The van der Waals surface area contributed by atoms with Gasteiger partial charge in [0.15, 0.2) is 0 Å². The highest BCUT2D eigenvalue weighted by molar-refractivity contribution is 5.82. The molecule has 0 radical (unpaired) electrons. The van der Waals surface area contributed by atoms with Crippen LogP contribution in [0.5, 0.6) is 0 Å². The fourth-order valence-electron chi connectivity index (χ4n) is 2.14. The SMILES string of the molecule is C#CCC(N)C(=O)NC(C)CN1CCCCC1. The quantitative estimate of drug-likeness (QED) is 0.677. The number of likely N-dealkylation sites (tertiary alicyclic amines) is 1. The minimum atomic E-state index is -0.580. The molecule has 1 aliphatic heterocycles. The van der Waals surface area contributed by atoms with E-state index in [9.17, 15) is 4.79 Å². The molecule has 2 atom stereocenters. The molecule has 17 heavy (non-hydrogen) atoms. The Morgan fingerprint density at radius 2 is 2.12 bits per heavy atom. The van der Waals surface area contributed by atoms with Gasteiger partial charge in [0, 0.05) is 19.0 Å². The van der Waals surface area contributed by atoms with E-state index in [1.54, 1.807) is 0 Å². The molecule has 0 spiro atoms. The largest absolute Gasteiger partial charge is 0.351 e. The highest BCUT2D eigenvalue weighted by Gasteiger charge is 2.17. The topological polar surface area (TPSA) is 58.4 Å². The van der Waals surface area contributed by atoms with Crippen molar-refractivity contribution in [3.05, 3.63) is 0 Å². The number of carbonyl (C=O) groups is 1. The van der Waals surface area contributed by atoms with E-state index in [4.69, 9.17) is 12.2 Å². The lowest BCUT2D eigenvalue weighted by Gasteiger charge is -2.29. The molecule has 1 aliphatic rings. The standard InChI is InChI=1S/C13H23N3O/c1-3-7-12(14)13(17)15-11(2)10-16-8-5-4-6-9-16/h1,11-12H,4-10,14H2,2H3,(H,15,17). The number of amides is 1. The van der Waals surface area contributed by atoms with Crippen LogP contribution in [0.2, 0.25) is 0 Å². The Morgan fingerprint density at radius 3 is 2.71 bits per heavy atom. The van der Waals surface area contributed by atoms with Crippen LogP contribution in [0.4, 0.5) is 0 Å². The maximum absolute atomic E-state index is 11.6. The Hall–Kier alpha value is -1.05. The molecule has 1 fully saturated rings. The molecular formula is C13H23N3O. The van der Waals surface area contributed by atoms with Crippen LogP contribution in [0.15, 0.2) is 0 Å². The molecule has 0 bridgehead atoms. The van der Waals surface area contributed by atoms with E-state index < -0.39 is 6.04 Å². The monoisotopic (exact) mass is 237 g/mol. The van der Waals surface area contributed by atoms with Crippen LogP contribution < -0.4 is 11.1 Å².